The fourth-order valence-electron chi connectivity index (χ4n) is 2.39. The van der Waals surface area contributed by atoms with E-state index in [2.05, 4.69) is 16.2 Å². The minimum atomic E-state index is -0.274. The molecule has 2 aromatic carbocycles. The fourth-order valence-corrected chi connectivity index (χ4v) is 2.39. The topological polar surface area (TPSA) is 77.2 Å². The number of nitrogen functional groups attached to an aromatic ring is 1. The van der Waals surface area contributed by atoms with E-state index in [-0.39, 0.29) is 11.7 Å². The van der Waals surface area contributed by atoms with Gasteiger partial charge in [-0.1, -0.05) is 24.1 Å². The molecule has 1 heterocycles. The summed E-state index contributed by atoms with van der Waals surface area (Å²) in [6, 6.07) is 18.1. The lowest BCUT2D eigenvalue weighted by Crippen LogP contribution is -2.24. The number of hydrogen-bond donors (Lipinski definition) is 2. The van der Waals surface area contributed by atoms with Gasteiger partial charge in [-0.3, -0.25) is 4.79 Å². The quantitative estimate of drug-likeness (QED) is 0.696. The Balaban J connectivity index is 1.67. The maximum absolute atomic E-state index is 12.2. The van der Waals surface area contributed by atoms with Crippen molar-refractivity contribution in [1.82, 2.24) is 10.3 Å². The maximum atomic E-state index is 12.2. The summed E-state index contributed by atoms with van der Waals surface area (Å²) in [5.41, 5.74) is 7.72. The standard InChI is InChI=1S/C21H17N3O2/c1-2-15-6-3-8-17(12-15)26-18-9-4-7-16(13-18)14-24-21(25)19-10-5-11-23-20(19)22/h1,3-13H,14H2,(H2,22,23)(H,24,25). The highest BCUT2D eigenvalue weighted by Gasteiger charge is 2.09. The first-order chi connectivity index (χ1) is 12.7. The van der Waals surface area contributed by atoms with Crippen LogP contribution in [0, 0.1) is 12.3 Å². The van der Waals surface area contributed by atoms with Crippen LogP contribution in [-0.2, 0) is 6.54 Å². The number of rotatable bonds is 5. The Bertz CT molecular complexity index is 977. The number of carbonyl (C=O) groups excluding carboxylic acids is 1. The molecule has 128 valence electrons. The molecule has 0 saturated carbocycles. The third-order valence-corrected chi connectivity index (χ3v) is 3.67. The van der Waals surface area contributed by atoms with Crippen molar-refractivity contribution in [1.29, 1.82) is 0 Å². The monoisotopic (exact) mass is 343 g/mol. The van der Waals surface area contributed by atoms with Gasteiger partial charge in [0, 0.05) is 18.3 Å². The maximum Gasteiger partial charge on any atom is 0.255 e. The van der Waals surface area contributed by atoms with Gasteiger partial charge in [-0.2, -0.15) is 0 Å². The summed E-state index contributed by atoms with van der Waals surface area (Å²) < 4.78 is 5.83. The van der Waals surface area contributed by atoms with Crippen LogP contribution in [0.5, 0.6) is 11.5 Å². The third-order valence-electron chi connectivity index (χ3n) is 3.67. The lowest BCUT2D eigenvalue weighted by Gasteiger charge is -2.10. The summed E-state index contributed by atoms with van der Waals surface area (Å²) in [5, 5.41) is 2.82. The predicted molar refractivity (Wildman–Crippen MR) is 101 cm³/mol. The third kappa shape index (κ3) is 4.19. The van der Waals surface area contributed by atoms with Crippen molar-refractivity contribution in [3.8, 4) is 23.8 Å². The first kappa shape index (κ1) is 17.1. The van der Waals surface area contributed by atoms with Crippen LogP contribution >= 0.6 is 0 Å². The van der Waals surface area contributed by atoms with Gasteiger partial charge < -0.3 is 15.8 Å². The van der Waals surface area contributed by atoms with Crippen LogP contribution in [0.15, 0.2) is 66.9 Å². The van der Waals surface area contributed by atoms with Gasteiger partial charge in [0.1, 0.15) is 17.3 Å². The van der Waals surface area contributed by atoms with Crippen LogP contribution in [0.1, 0.15) is 21.5 Å². The molecule has 0 aliphatic rings. The zero-order valence-electron chi connectivity index (χ0n) is 14.0. The molecule has 0 unspecified atom stereocenters. The lowest BCUT2D eigenvalue weighted by atomic mass is 10.2. The number of benzene rings is 2. The molecule has 26 heavy (non-hydrogen) atoms. The molecule has 5 nitrogen and oxygen atoms in total. The second-order valence-corrected chi connectivity index (χ2v) is 5.54. The molecule has 0 atom stereocenters. The fraction of sp³-hybridized carbons (Fsp3) is 0.0476. The number of amides is 1. The normalized spacial score (nSPS) is 9.96. The SMILES string of the molecule is C#Cc1cccc(Oc2cccc(CNC(=O)c3cccnc3N)c2)c1. The highest BCUT2D eigenvalue weighted by atomic mass is 16.5. The summed E-state index contributed by atoms with van der Waals surface area (Å²) in [6.07, 6.45) is 6.95. The minimum absolute atomic E-state index is 0.204. The number of pyridine rings is 1. The summed E-state index contributed by atoms with van der Waals surface area (Å²) in [7, 11) is 0. The Hall–Kier alpha value is -3.78. The van der Waals surface area contributed by atoms with E-state index in [9.17, 15) is 4.79 Å². The van der Waals surface area contributed by atoms with Gasteiger partial charge in [-0.15, -0.1) is 6.42 Å². The first-order valence-corrected chi connectivity index (χ1v) is 7.98. The number of nitrogens with zero attached hydrogens (tertiary/aromatic N) is 1. The molecular formula is C21H17N3O2. The Morgan fingerprint density at radius 1 is 1.12 bits per heavy atom. The van der Waals surface area contributed by atoms with E-state index in [4.69, 9.17) is 16.9 Å². The molecular weight excluding hydrogens is 326 g/mol. The van der Waals surface area contributed by atoms with Gasteiger partial charge in [0.2, 0.25) is 0 Å². The van der Waals surface area contributed by atoms with Crippen LogP contribution in [-0.4, -0.2) is 10.9 Å². The minimum Gasteiger partial charge on any atom is -0.457 e. The molecule has 0 aliphatic heterocycles. The van der Waals surface area contributed by atoms with Crippen LogP contribution in [0.25, 0.3) is 0 Å². The van der Waals surface area contributed by atoms with E-state index >= 15 is 0 Å². The zero-order chi connectivity index (χ0) is 18.4. The van der Waals surface area contributed by atoms with Crippen molar-refractivity contribution in [2.24, 2.45) is 0 Å². The Morgan fingerprint density at radius 3 is 2.65 bits per heavy atom. The Morgan fingerprint density at radius 2 is 1.88 bits per heavy atom. The highest BCUT2D eigenvalue weighted by molar-refractivity contribution is 5.98. The van der Waals surface area contributed by atoms with Crippen molar-refractivity contribution in [2.45, 2.75) is 6.54 Å². The van der Waals surface area contributed by atoms with Gasteiger partial charge >= 0.3 is 0 Å². The molecule has 3 aromatic rings. The van der Waals surface area contributed by atoms with E-state index in [1.807, 2.05) is 42.5 Å². The van der Waals surface area contributed by atoms with Crippen LogP contribution in [0.3, 0.4) is 0 Å². The van der Waals surface area contributed by atoms with Gasteiger partial charge in [0.05, 0.1) is 5.56 Å². The van der Waals surface area contributed by atoms with Crippen LogP contribution < -0.4 is 15.8 Å². The van der Waals surface area contributed by atoms with Gasteiger partial charge in [-0.05, 0) is 48.0 Å². The van der Waals surface area contributed by atoms with Crippen LogP contribution in [0.2, 0.25) is 0 Å². The van der Waals surface area contributed by atoms with Crippen molar-refractivity contribution < 1.29 is 9.53 Å². The predicted octanol–water partition coefficient (Wildman–Crippen LogP) is 3.37. The molecule has 5 heteroatoms. The summed E-state index contributed by atoms with van der Waals surface area (Å²) in [6.45, 7) is 0.342. The summed E-state index contributed by atoms with van der Waals surface area (Å²) in [4.78, 5) is 16.1. The molecule has 0 fully saturated rings. The molecule has 0 aliphatic carbocycles. The molecule has 0 radical (unpaired) electrons. The summed E-state index contributed by atoms with van der Waals surface area (Å²) >= 11 is 0. The molecule has 0 spiro atoms. The van der Waals surface area contributed by atoms with Crippen molar-refractivity contribution in [3.63, 3.8) is 0 Å². The largest absolute Gasteiger partial charge is 0.457 e. The smallest absolute Gasteiger partial charge is 0.255 e. The highest BCUT2D eigenvalue weighted by Crippen LogP contribution is 2.23. The number of nitrogens with one attached hydrogen (secondary N) is 1. The molecule has 3 rings (SSSR count). The molecule has 1 amide bonds. The second-order valence-electron chi connectivity index (χ2n) is 5.54. The molecule has 3 N–H and O–H groups in total. The average Bonchev–Trinajstić information content (AvgIpc) is 2.67. The summed E-state index contributed by atoms with van der Waals surface area (Å²) in [5.74, 6) is 3.82. The van der Waals surface area contributed by atoms with E-state index in [0.717, 1.165) is 11.1 Å². The average molecular weight is 343 g/mol. The van der Waals surface area contributed by atoms with E-state index in [1.54, 1.807) is 24.4 Å². The Kier molecular flexibility index (Phi) is 5.16. The number of anilines is 1. The Labute approximate surface area is 151 Å². The molecule has 0 bridgehead atoms. The number of hydrogen-bond acceptors (Lipinski definition) is 4. The number of aromatic nitrogens is 1. The van der Waals surface area contributed by atoms with Crippen molar-refractivity contribution in [2.75, 3.05) is 5.73 Å². The van der Waals surface area contributed by atoms with Gasteiger partial charge in [0.25, 0.3) is 5.91 Å². The molecule has 1 aromatic heterocycles. The van der Waals surface area contributed by atoms with Crippen LogP contribution in [0.4, 0.5) is 5.82 Å². The first-order valence-electron chi connectivity index (χ1n) is 7.98. The molecule has 0 saturated heterocycles. The van der Waals surface area contributed by atoms with Crippen molar-refractivity contribution >= 4 is 11.7 Å². The number of carbonyl (C=O) groups is 1. The number of nitrogens with two attached hydrogens (primary N) is 1. The zero-order valence-corrected chi connectivity index (χ0v) is 14.0. The van der Waals surface area contributed by atoms with Gasteiger partial charge in [-0.25, -0.2) is 4.98 Å². The second kappa shape index (κ2) is 7.86. The van der Waals surface area contributed by atoms with Gasteiger partial charge in [0.15, 0.2) is 0 Å². The van der Waals surface area contributed by atoms with Crippen molar-refractivity contribution in [3.05, 3.63) is 83.6 Å². The lowest BCUT2D eigenvalue weighted by molar-refractivity contribution is 0.0951. The van der Waals surface area contributed by atoms with E-state index in [0.29, 0.717) is 23.6 Å². The number of ether oxygens (including phenoxy) is 1. The van der Waals surface area contributed by atoms with E-state index < -0.39 is 0 Å². The number of terminal acetylenes is 1. The van der Waals surface area contributed by atoms with E-state index in [1.165, 1.54) is 0 Å².